The summed E-state index contributed by atoms with van der Waals surface area (Å²) in [5, 5.41) is 9.93. The molecule has 1 unspecified atom stereocenters. The standard InChI is InChI=1S/C14H17ClO3/c15-13-4-2-1-3-11(13)12(14(16)17)9-10-5-7-18-8-6-10/h1-4,10,12H,5-9H2,(H,16,17). The number of halogens is 1. The fourth-order valence-electron chi connectivity index (χ4n) is 2.43. The maximum atomic E-state index is 11.4. The van der Waals surface area contributed by atoms with Gasteiger partial charge in [-0.3, -0.25) is 4.79 Å². The van der Waals surface area contributed by atoms with Crippen LogP contribution in [0.25, 0.3) is 0 Å². The summed E-state index contributed by atoms with van der Waals surface area (Å²) < 4.78 is 5.30. The molecule has 18 heavy (non-hydrogen) atoms. The molecule has 1 saturated heterocycles. The highest BCUT2D eigenvalue weighted by atomic mass is 35.5. The van der Waals surface area contributed by atoms with E-state index in [0.717, 1.165) is 31.6 Å². The van der Waals surface area contributed by atoms with Crippen LogP contribution in [0.5, 0.6) is 0 Å². The van der Waals surface area contributed by atoms with Gasteiger partial charge >= 0.3 is 5.97 Å². The number of carbonyl (C=O) groups is 1. The molecule has 0 aliphatic carbocycles. The number of ether oxygens (including phenoxy) is 1. The average Bonchev–Trinajstić information content (AvgIpc) is 2.38. The van der Waals surface area contributed by atoms with Crippen molar-refractivity contribution in [2.75, 3.05) is 13.2 Å². The molecule has 0 amide bonds. The van der Waals surface area contributed by atoms with Crippen LogP contribution >= 0.6 is 11.6 Å². The van der Waals surface area contributed by atoms with Crippen molar-refractivity contribution in [2.45, 2.75) is 25.2 Å². The fraction of sp³-hybridized carbons (Fsp3) is 0.500. The molecule has 0 saturated carbocycles. The molecule has 1 aliphatic rings. The summed E-state index contributed by atoms with van der Waals surface area (Å²) in [6, 6.07) is 7.21. The molecule has 1 aliphatic heterocycles. The van der Waals surface area contributed by atoms with E-state index in [1.807, 2.05) is 12.1 Å². The Hall–Kier alpha value is -1.06. The van der Waals surface area contributed by atoms with Crippen LogP contribution < -0.4 is 0 Å². The molecule has 0 aromatic heterocycles. The van der Waals surface area contributed by atoms with E-state index in [-0.39, 0.29) is 0 Å². The molecule has 98 valence electrons. The first-order valence-electron chi connectivity index (χ1n) is 6.23. The molecule has 4 heteroatoms. The minimum Gasteiger partial charge on any atom is -0.481 e. The molecule has 1 aromatic rings. The topological polar surface area (TPSA) is 46.5 Å². The zero-order valence-corrected chi connectivity index (χ0v) is 10.9. The summed E-state index contributed by atoms with van der Waals surface area (Å²) in [4.78, 5) is 11.4. The second kappa shape index (κ2) is 6.21. The van der Waals surface area contributed by atoms with Crippen molar-refractivity contribution in [3.63, 3.8) is 0 Å². The molecule has 1 heterocycles. The van der Waals surface area contributed by atoms with Gasteiger partial charge in [-0.15, -0.1) is 0 Å². The van der Waals surface area contributed by atoms with E-state index in [4.69, 9.17) is 16.3 Å². The molecule has 0 radical (unpaired) electrons. The quantitative estimate of drug-likeness (QED) is 0.911. The first-order chi connectivity index (χ1) is 8.68. The lowest BCUT2D eigenvalue weighted by molar-refractivity contribution is -0.139. The molecule has 2 rings (SSSR count). The molecular weight excluding hydrogens is 252 g/mol. The van der Waals surface area contributed by atoms with E-state index in [1.165, 1.54) is 0 Å². The van der Waals surface area contributed by atoms with Gasteiger partial charge in [-0.25, -0.2) is 0 Å². The molecule has 1 atom stereocenters. The van der Waals surface area contributed by atoms with Crippen molar-refractivity contribution in [3.8, 4) is 0 Å². The van der Waals surface area contributed by atoms with Gasteiger partial charge in [0.25, 0.3) is 0 Å². The smallest absolute Gasteiger partial charge is 0.311 e. The molecule has 1 fully saturated rings. The lowest BCUT2D eigenvalue weighted by Crippen LogP contribution is -2.21. The zero-order valence-electron chi connectivity index (χ0n) is 10.1. The minimum atomic E-state index is -0.797. The van der Waals surface area contributed by atoms with Crippen LogP contribution in [0, 0.1) is 5.92 Å². The number of hydrogen-bond acceptors (Lipinski definition) is 2. The van der Waals surface area contributed by atoms with Crippen LogP contribution in [-0.4, -0.2) is 24.3 Å². The highest BCUT2D eigenvalue weighted by molar-refractivity contribution is 6.31. The number of carboxylic acids is 1. The monoisotopic (exact) mass is 268 g/mol. The van der Waals surface area contributed by atoms with Gasteiger partial charge in [0, 0.05) is 18.2 Å². The number of benzene rings is 1. The molecule has 3 nitrogen and oxygen atoms in total. The van der Waals surface area contributed by atoms with Gasteiger partial charge in [-0.05, 0) is 36.8 Å². The Morgan fingerprint density at radius 3 is 2.67 bits per heavy atom. The third kappa shape index (κ3) is 3.24. The van der Waals surface area contributed by atoms with Gasteiger partial charge in [0.1, 0.15) is 0 Å². The SMILES string of the molecule is O=C(O)C(CC1CCOCC1)c1ccccc1Cl. The number of rotatable bonds is 4. The zero-order chi connectivity index (χ0) is 13.0. The van der Waals surface area contributed by atoms with Gasteiger partial charge in [-0.1, -0.05) is 29.8 Å². The van der Waals surface area contributed by atoms with E-state index in [9.17, 15) is 9.90 Å². The molecule has 0 bridgehead atoms. The van der Waals surface area contributed by atoms with Gasteiger partial charge < -0.3 is 9.84 Å². The first kappa shape index (κ1) is 13.4. The first-order valence-corrected chi connectivity index (χ1v) is 6.61. The van der Waals surface area contributed by atoms with Crippen molar-refractivity contribution in [3.05, 3.63) is 34.9 Å². The van der Waals surface area contributed by atoms with Crippen molar-refractivity contribution in [2.24, 2.45) is 5.92 Å². The summed E-state index contributed by atoms with van der Waals surface area (Å²) in [7, 11) is 0. The normalized spacial score (nSPS) is 18.5. The maximum Gasteiger partial charge on any atom is 0.311 e. The minimum absolute atomic E-state index is 0.413. The van der Waals surface area contributed by atoms with Crippen LogP contribution in [0.3, 0.4) is 0 Å². The van der Waals surface area contributed by atoms with Gasteiger partial charge in [0.2, 0.25) is 0 Å². The van der Waals surface area contributed by atoms with Crippen LogP contribution in [0.1, 0.15) is 30.7 Å². The van der Waals surface area contributed by atoms with Gasteiger partial charge in [0.15, 0.2) is 0 Å². The van der Waals surface area contributed by atoms with Gasteiger partial charge in [0.05, 0.1) is 5.92 Å². The summed E-state index contributed by atoms with van der Waals surface area (Å²) in [5.41, 5.74) is 0.721. The van der Waals surface area contributed by atoms with E-state index < -0.39 is 11.9 Å². The summed E-state index contributed by atoms with van der Waals surface area (Å²) >= 11 is 6.09. The van der Waals surface area contributed by atoms with E-state index >= 15 is 0 Å². The summed E-state index contributed by atoms with van der Waals surface area (Å²) in [5.74, 6) is -0.896. The Morgan fingerprint density at radius 1 is 1.39 bits per heavy atom. The van der Waals surface area contributed by atoms with Crippen molar-refractivity contribution in [1.82, 2.24) is 0 Å². The van der Waals surface area contributed by atoms with Crippen LogP contribution in [0.4, 0.5) is 0 Å². The Bertz CT molecular complexity index is 413. The lowest BCUT2D eigenvalue weighted by atomic mass is 9.85. The highest BCUT2D eigenvalue weighted by Crippen LogP contribution is 2.33. The third-order valence-corrected chi connectivity index (χ3v) is 3.83. The lowest BCUT2D eigenvalue weighted by Gasteiger charge is -2.25. The van der Waals surface area contributed by atoms with E-state index in [0.29, 0.717) is 17.4 Å². The molecule has 1 aromatic carbocycles. The third-order valence-electron chi connectivity index (χ3n) is 3.49. The number of carboxylic acid groups (broad SMARTS) is 1. The molecule has 1 N–H and O–H groups in total. The molecule has 0 spiro atoms. The average molecular weight is 269 g/mol. The van der Waals surface area contributed by atoms with Crippen molar-refractivity contribution in [1.29, 1.82) is 0 Å². The maximum absolute atomic E-state index is 11.4. The number of hydrogen-bond donors (Lipinski definition) is 1. The summed E-state index contributed by atoms with van der Waals surface area (Å²) in [6.07, 6.45) is 2.52. The fourth-order valence-corrected chi connectivity index (χ4v) is 2.70. The van der Waals surface area contributed by atoms with Crippen LogP contribution in [0.2, 0.25) is 5.02 Å². The predicted octanol–water partition coefficient (Wildman–Crippen LogP) is 3.32. The van der Waals surface area contributed by atoms with Crippen molar-refractivity contribution < 1.29 is 14.6 Å². The highest BCUT2D eigenvalue weighted by Gasteiger charge is 2.27. The second-order valence-corrected chi connectivity index (χ2v) is 5.11. The Morgan fingerprint density at radius 2 is 2.06 bits per heavy atom. The summed E-state index contributed by atoms with van der Waals surface area (Å²) in [6.45, 7) is 1.47. The largest absolute Gasteiger partial charge is 0.481 e. The van der Waals surface area contributed by atoms with Crippen LogP contribution in [-0.2, 0) is 9.53 Å². The van der Waals surface area contributed by atoms with Crippen molar-refractivity contribution >= 4 is 17.6 Å². The van der Waals surface area contributed by atoms with E-state index in [1.54, 1.807) is 12.1 Å². The van der Waals surface area contributed by atoms with E-state index in [2.05, 4.69) is 0 Å². The molecular formula is C14H17ClO3. The Balaban J connectivity index is 2.13. The number of aliphatic carboxylic acids is 1. The second-order valence-electron chi connectivity index (χ2n) is 4.70. The Labute approximate surface area is 112 Å². The van der Waals surface area contributed by atoms with Gasteiger partial charge in [-0.2, -0.15) is 0 Å². The van der Waals surface area contributed by atoms with Crippen LogP contribution in [0.15, 0.2) is 24.3 Å². The predicted molar refractivity (Wildman–Crippen MR) is 70.0 cm³/mol. The Kier molecular flexibility index (Phi) is 4.61.